The van der Waals surface area contributed by atoms with Gasteiger partial charge in [-0.2, -0.15) is 5.10 Å². The van der Waals surface area contributed by atoms with Crippen LogP contribution in [0.15, 0.2) is 24.5 Å². The Balaban J connectivity index is 1.88. The summed E-state index contributed by atoms with van der Waals surface area (Å²) >= 11 is 0. The third kappa shape index (κ3) is 3.54. The van der Waals surface area contributed by atoms with Gasteiger partial charge in [0, 0.05) is 31.0 Å². The number of carbonyl (C=O) groups is 1. The van der Waals surface area contributed by atoms with E-state index in [-0.39, 0.29) is 12.3 Å². The Kier molecular flexibility index (Phi) is 3.79. The molecule has 0 bridgehead atoms. The van der Waals surface area contributed by atoms with E-state index in [1.54, 1.807) is 23.0 Å². The number of hydrogen-bond donors (Lipinski definition) is 2. The van der Waals surface area contributed by atoms with Crippen molar-refractivity contribution in [2.45, 2.75) is 19.9 Å². The Morgan fingerprint density at radius 1 is 1.47 bits per heavy atom. The number of aryl methyl sites for hydroxylation is 2. The molecule has 3 N–H and O–H groups in total. The van der Waals surface area contributed by atoms with Crippen LogP contribution in [-0.2, 0) is 24.8 Å². The molecule has 2 heterocycles. The van der Waals surface area contributed by atoms with Crippen LogP contribution in [0.1, 0.15) is 17.0 Å². The Morgan fingerprint density at radius 2 is 2.26 bits per heavy atom. The van der Waals surface area contributed by atoms with E-state index in [0.717, 1.165) is 11.3 Å². The number of nitrogens with two attached hydrogens (primary N) is 1. The number of nitrogens with zero attached hydrogens (tertiary/aromatic N) is 3. The molecule has 100 valence electrons. The van der Waals surface area contributed by atoms with Gasteiger partial charge in [0.2, 0.25) is 5.91 Å². The van der Waals surface area contributed by atoms with E-state index in [2.05, 4.69) is 15.4 Å². The largest absolute Gasteiger partial charge is 0.397 e. The molecule has 0 saturated carbocycles. The van der Waals surface area contributed by atoms with Gasteiger partial charge in [0.25, 0.3) is 0 Å². The van der Waals surface area contributed by atoms with Crippen LogP contribution >= 0.6 is 0 Å². The van der Waals surface area contributed by atoms with Gasteiger partial charge in [-0.3, -0.25) is 14.5 Å². The van der Waals surface area contributed by atoms with Crippen molar-refractivity contribution in [3.05, 3.63) is 41.5 Å². The first-order valence-electron chi connectivity index (χ1n) is 6.01. The van der Waals surface area contributed by atoms with E-state index >= 15 is 0 Å². The maximum atomic E-state index is 11.8. The Hall–Kier alpha value is -2.37. The predicted octanol–water partition coefficient (Wildman–Crippen LogP) is 0.565. The predicted molar refractivity (Wildman–Crippen MR) is 72.1 cm³/mol. The highest BCUT2D eigenvalue weighted by Crippen LogP contribution is 2.05. The Bertz CT molecular complexity index is 573. The number of aromatic nitrogens is 3. The van der Waals surface area contributed by atoms with Crippen molar-refractivity contribution in [2.24, 2.45) is 7.05 Å². The zero-order valence-corrected chi connectivity index (χ0v) is 11.1. The highest BCUT2D eigenvalue weighted by atomic mass is 16.1. The van der Waals surface area contributed by atoms with Crippen molar-refractivity contribution in [3.8, 4) is 0 Å². The van der Waals surface area contributed by atoms with Crippen LogP contribution in [0.5, 0.6) is 0 Å². The summed E-state index contributed by atoms with van der Waals surface area (Å²) in [5.41, 5.74) is 8.77. The first-order valence-corrected chi connectivity index (χ1v) is 6.01. The quantitative estimate of drug-likeness (QED) is 0.840. The minimum Gasteiger partial charge on any atom is -0.397 e. The summed E-state index contributed by atoms with van der Waals surface area (Å²) < 4.78 is 1.73. The molecule has 0 saturated heterocycles. The molecular formula is C13H17N5O. The number of pyridine rings is 1. The number of hydrogen-bond acceptors (Lipinski definition) is 4. The van der Waals surface area contributed by atoms with E-state index < -0.39 is 0 Å². The zero-order chi connectivity index (χ0) is 13.8. The summed E-state index contributed by atoms with van der Waals surface area (Å²) in [5.74, 6) is -0.0690. The van der Waals surface area contributed by atoms with Crippen molar-refractivity contribution in [3.63, 3.8) is 0 Å². The second kappa shape index (κ2) is 5.51. The number of rotatable bonds is 4. The van der Waals surface area contributed by atoms with Crippen LogP contribution in [0.3, 0.4) is 0 Å². The van der Waals surface area contributed by atoms with E-state index in [4.69, 9.17) is 5.73 Å². The monoisotopic (exact) mass is 259 g/mol. The van der Waals surface area contributed by atoms with Crippen molar-refractivity contribution in [2.75, 3.05) is 5.73 Å². The molecule has 2 aromatic heterocycles. The summed E-state index contributed by atoms with van der Waals surface area (Å²) in [5, 5.41) is 7.07. The Labute approximate surface area is 111 Å². The summed E-state index contributed by atoms with van der Waals surface area (Å²) in [7, 11) is 1.86. The van der Waals surface area contributed by atoms with Gasteiger partial charge < -0.3 is 11.1 Å². The number of amides is 1. The molecule has 1 amide bonds. The zero-order valence-electron chi connectivity index (χ0n) is 11.1. The number of nitrogen functional groups attached to an aromatic ring is 1. The van der Waals surface area contributed by atoms with Crippen LogP contribution in [0.25, 0.3) is 0 Å². The van der Waals surface area contributed by atoms with Crippen LogP contribution in [0.4, 0.5) is 5.69 Å². The topological polar surface area (TPSA) is 85.8 Å². The smallest absolute Gasteiger partial charge is 0.226 e. The lowest BCUT2D eigenvalue weighted by Crippen LogP contribution is -2.25. The second-order valence-electron chi connectivity index (χ2n) is 4.45. The fourth-order valence-corrected chi connectivity index (χ4v) is 1.78. The number of carbonyl (C=O) groups excluding carboxylic acids is 1. The van der Waals surface area contributed by atoms with Gasteiger partial charge in [-0.1, -0.05) is 0 Å². The van der Waals surface area contributed by atoms with Crippen LogP contribution in [0.2, 0.25) is 0 Å². The van der Waals surface area contributed by atoms with Gasteiger partial charge in [0.1, 0.15) is 0 Å². The highest BCUT2D eigenvalue weighted by molar-refractivity contribution is 5.78. The minimum absolute atomic E-state index is 0.0690. The molecule has 0 spiro atoms. The lowest BCUT2D eigenvalue weighted by molar-refractivity contribution is -0.120. The first-order chi connectivity index (χ1) is 9.04. The summed E-state index contributed by atoms with van der Waals surface area (Å²) in [6.07, 6.45) is 3.70. The fraction of sp³-hybridized carbons (Fsp3) is 0.308. The molecular weight excluding hydrogens is 242 g/mol. The normalized spacial score (nSPS) is 10.4. The molecule has 0 unspecified atom stereocenters. The SMILES string of the molecule is Cc1nn(C)cc1CNC(=O)Cc1ccc(N)cn1. The average Bonchev–Trinajstić information content (AvgIpc) is 2.68. The van der Waals surface area contributed by atoms with E-state index in [1.807, 2.05) is 20.2 Å². The standard InChI is InChI=1S/C13H17N5O/c1-9-10(8-18(2)17-9)6-16-13(19)5-12-4-3-11(14)7-15-12/h3-4,7-8H,5-6,14H2,1-2H3,(H,16,19). The highest BCUT2D eigenvalue weighted by Gasteiger charge is 2.07. The fourth-order valence-electron chi connectivity index (χ4n) is 1.78. The van der Waals surface area contributed by atoms with Gasteiger partial charge in [-0.25, -0.2) is 0 Å². The van der Waals surface area contributed by atoms with E-state index in [9.17, 15) is 4.79 Å². The molecule has 6 heteroatoms. The molecule has 0 aliphatic heterocycles. The lowest BCUT2D eigenvalue weighted by Gasteiger charge is -2.04. The van der Waals surface area contributed by atoms with Crippen LogP contribution < -0.4 is 11.1 Å². The molecule has 0 fully saturated rings. The van der Waals surface area contributed by atoms with Gasteiger partial charge in [0.05, 0.1) is 24.0 Å². The maximum Gasteiger partial charge on any atom is 0.226 e. The molecule has 2 aromatic rings. The van der Waals surface area contributed by atoms with Gasteiger partial charge >= 0.3 is 0 Å². The van der Waals surface area contributed by atoms with Crippen molar-refractivity contribution < 1.29 is 4.79 Å². The summed E-state index contributed by atoms with van der Waals surface area (Å²) in [6, 6.07) is 3.49. The summed E-state index contributed by atoms with van der Waals surface area (Å²) in [6.45, 7) is 2.40. The number of anilines is 1. The molecule has 0 aliphatic carbocycles. The second-order valence-corrected chi connectivity index (χ2v) is 4.45. The lowest BCUT2D eigenvalue weighted by atomic mass is 10.2. The van der Waals surface area contributed by atoms with Gasteiger partial charge in [-0.05, 0) is 19.1 Å². The van der Waals surface area contributed by atoms with Crippen molar-refractivity contribution in [1.82, 2.24) is 20.1 Å². The van der Waals surface area contributed by atoms with Gasteiger partial charge in [0.15, 0.2) is 0 Å². The molecule has 2 rings (SSSR count). The van der Waals surface area contributed by atoms with Crippen molar-refractivity contribution >= 4 is 11.6 Å². The van der Waals surface area contributed by atoms with E-state index in [1.165, 1.54) is 0 Å². The van der Waals surface area contributed by atoms with Gasteiger partial charge in [-0.15, -0.1) is 0 Å². The van der Waals surface area contributed by atoms with Crippen LogP contribution in [0, 0.1) is 6.92 Å². The molecule has 19 heavy (non-hydrogen) atoms. The Morgan fingerprint density at radius 3 is 2.84 bits per heavy atom. The minimum atomic E-state index is -0.0690. The molecule has 0 aromatic carbocycles. The maximum absolute atomic E-state index is 11.8. The van der Waals surface area contributed by atoms with Crippen LogP contribution in [-0.4, -0.2) is 20.7 Å². The number of nitrogens with one attached hydrogen (secondary N) is 1. The first kappa shape index (κ1) is 13.1. The van der Waals surface area contributed by atoms with E-state index in [0.29, 0.717) is 17.9 Å². The molecule has 6 nitrogen and oxygen atoms in total. The van der Waals surface area contributed by atoms with Crippen molar-refractivity contribution in [1.29, 1.82) is 0 Å². The third-order valence-corrected chi connectivity index (χ3v) is 2.78. The average molecular weight is 259 g/mol. The molecule has 0 radical (unpaired) electrons. The summed E-state index contributed by atoms with van der Waals surface area (Å²) in [4.78, 5) is 15.9. The molecule has 0 aliphatic rings. The molecule has 0 atom stereocenters. The third-order valence-electron chi connectivity index (χ3n) is 2.78.